The summed E-state index contributed by atoms with van der Waals surface area (Å²) in [5, 5.41) is 4.62. The van der Waals surface area contributed by atoms with Crippen molar-refractivity contribution in [2.45, 2.75) is 6.42 Å². The van der Waals surface area contributed by atoms with Gasteiger partial charge in [0.15, 0.2) is 0 Å². The Balaban J connectivity index is 2.42. The van der Waals surface area contributed by atoms with Gasteiger partial charge in [-0.1, -0.05) is 35.4 Å². The highest BCUT2D eigenvalue weighted by Crippen LogP contribution is 2.39. The smallest absolute Gasteiger partial charge is 0.0847 e. The molecular formula is C11H11N3S2. The van der Waals surface area contributed by atoms with Crippen LogP contribution >= 0.6 is 23.5 Å². The topological polar surface area (TPSA) is 48.8 Å². The molecule has 0 fully saturated rings. The summed E-state index contributed by atoms with van der Waals surface area (Å²) in [6.45, 7) is 0. The second-order valence-electron chi connectivity index (χ2n) is 3.24. The van der Waals surface area contributed by atoms with Crippen LogP contribution in [0.1, 0.15) is 12.0 Å². The summed E-state index contributed by atoms with van der Waals surface area (Å²) in [4.78, 5) is 4.02. The third kappa shape index (κ3) is 2.76. The molecule has 0 saturated carbocycles. The minimum atomic E-state index is 0.816. The minimum Gasteiger partial charge on any atom is -0.124 e. The van der Waals surface area contributed by atoms with Gasteiger partial charge in [0.25, 0.3) is 0 Å². The molecule has 0 radical (unpaired) electrons. The van der Waals surface area contributed by atoms with E-state index in [1.807, 2.05) is 18.2 Å². The Morgan fingerprint density at radius 2 is 1.88 bits per heavy atom. The number of nitrogens with zero attached hydrogens (tertiary/aromatic N) is 3. The number of hydrogen-bond donors (Lipinski definition) is 0. The molecule has 1 heterocycles. The summed E-state index contributed by atoms with van der Waals surface area (Å²) in [5.41, 5.74) is 9.72. The summed E-state index contributed by atoms with van der Waals surface area (Å²) in [5.74, 6) is 2.11. The molecule has 0 aliphatic carbocycles. The summed E-state index contributed by atoms with van der Waals surface area (Å²) >= 11 is 3.43. The van der Waals surface area contributed by atoms with Crippen molar-refractivity contribution in [3.63, 3.8) is 0 Å². The van der Waals surface area contributed by atoms with Gasteiger partial charge in [0.1, 0.15) is 0 Å². The van der Waals surface area contributed by atoms with Crippen LogP contribution in [0.25, 0.3) is 15.3 Å². The fourth-order valence-electron chi connectivity index (χ4n) is 1.44. The SMILES string of the molecule is [N-]=[N+]=NC1=C(c2ccccc2)SCCCS1. The monoisotopic (exact) mass is 249 g/mol. The third-order valence-electron chi connectivity index (χ3n) is 2.14. The number of benzene rings is 1. The molecule has 1 aliphatic heterocycles. The quantitative estimate of drug-likeness (QED) is 0.440. The average Bonchev–Trinajstić information content (AvgIpc) is 2.56. The Labute approximate surface area is 103 Å². The van der Waals surface area contributed by atoms with Gasteiger partial charge in [-0.2, -0.15) is 0 Å². The number of hydrogen-bond acceptors (Lipinski definition) is 3. The molecule has 16 heavy (non-hydrogen) atoms. The Hall–Kier alpha value is -1.03. The Morgan fingerprint density at radius 1 is 1.12 bits per heavy atom. The van der Waals surface area contributed by atoms with Crippen molar-refractivity contribution in [3.8, 4) is 0 Å². The van der Waals surface area contributed by atoms with Crippen LogP contribution < -0.4 is 0 Å². The molecular weight excluding hydrogens is 238 g/mol. The molecule has 1 aromatic rings. The van der Waals surface area contributed by atoms with E-state index in [2.05, 4.69) is 22.2 Å². The van der Waals surface area contributed by atoms with Crippen molar-refractivity contribution in [1.29, 1.82) is 0 Å². The van der Waals surface area contributed by atoms with Crippen LogP contribution in [0.5, 0.6) is 0 Å². The summed E-state index contributed by atoms with van der Waals surface area (Å²) in [6.07, 6.45) is 1.15. The van der Waals surface area contributed by atoms with E-state index in [-0.39, 0.29) is 0 Å². The van der Waals surface area contributed by atoms with E-state index in [9.17, 15) is 0 Å². The van der Waals surface area contributed by atoms with Crippen molar-refractivity contribution < 1.29 is 0 Å². The van der Waals surface area contributed by atoms with Crippen LogP contribution in [0.15, 0.2) is 40.5 Å². The van der Waals surface area contributed by atoms with Gasteiger partial charge in [0.05, 0.1) is 5.03 Å². The maximum absolute atomic E-state index is 8.58. The van der Waals surface area contributed by atoms with Gasteiger partial charge in [-0.3, -0.25) is 0 Å². The van der Waals surface area contributed by atoms with E-state index in [0.29, 0.717) is 0 Å². The first-order valence-electron chi connectivity index (χ1n) is 5.02. The standard InChI is InChI=1S/C11H11N3S2/c12-14-13-11-10(15-7-4-8-16-11)9-5-2-1-3-6-9/h1-3,5-6H,4,7-8H2. The predicted octanol–water partition coefficient (Wildman–Crippen LogP) is 4.49. The van der Waals surface area contributed by atoms with Crippen molar-refractivity contribution in [1.82, 2.24) is 0 Å². The molecule has 0 spiro atoms. The molecule has 0 N–H and O–H groups in total. The Bertz CT molecular complexity index is 436. The van der Waals surface area contributed by atoms with Crippen molar-refractivity contribution in [2.24, 2.45) is 5.11 Å². The minimum absolute atomic E-state index is 0.816. The predicted molar refractivity (Wildman–Crippen MR) is 72.0 cm³/mol. The second kappa shape index (κ2) is 5.89. The fourth-order valence-corrected chi connectivity index (χ4v) is 3.76. The molecule has 0 bridgehead atoms. The lowest BCUT2D eigenvalue weighted by Crippen LogP contribution is -1.82. The Kier molecular flexibility index (Phi) is 4.22. The zero-order valence-electron chi connectivity index (χ0n) is 8.67. The zero-order chi connectivity index (χ0) is 11.2. The second-order valence-corrected chi connectivity index (χ2v) is 5.43. The van der Waals surface area contributed by atoms with Gasteiger partial charge in [0, 0.05) is 9.82 Å². The van der Waals surface area contributed by atoms with Crippen molar-refractivity contribution in [3.05, 3.63) is 51.4 Å². The van der Waals surface area contributed by atoms with Gasteiger partial charge in [-0.25, -0.2) is 0 Å². The van der Waals surface area contributed by atoms with Crippen LogP contribution in [0.3, 0.4) is 0 Å². The molecule has 0 aromatic heterocycles. The number of thioether (sulfide) groups is 2. The van der Waals surface area contributed by atoms with Crippen molar-refractivity contribution >= 4 is 28.4 Å². The number of azide groups is 1. The van der Waals surface area contributed by atoms with E-state index in [1.54, 1.807) is 23.5 Å². The highest BCUT2D eigenvalue weighted by molar-refractivity contribution is 8.11. The average molecular weight is 249 g/mol. The van der Waals surface area contributed by atoms with Gasteiger partial charge < -0.3 is 0 Å². The van der Waals surface area contributed by atoms with Crippen LogP contribution in [0, 0.1) is 0 Å². The third-order valence-corrected chi connectivity index (χ3v) is 4.53. The molecule has 0 saturated heterocycles. The normalized spacial score (nSPS) is 16.5. The first kappa shape index (κ1) is 11.5. The molecule has 82 valence electrons. The molecule has 1 aliphatic rings. The van der Waals surface area contributed by atoms with E-state index < -0.39 is 0 Å². The first-order chi connectivity index (χ1) is 7.92. The summed E-state index contributed by atoms with van der Waals surface area (Å²) in [7, 11) is 0. The first-order valence-corrected chi connectivity index (χ1v) is 6.99. The highest BCUT2D eigenvalue weighted by Gasteiger charge is 2.12. The lowest BCUT2D eigenvalue weighted by atomic mass is 10.2. The maximum Gasteiger partial charge on any atom is 0.0847 e. The molecule has 0 atom stereocenters. The van der Waals surface area contributed by atoms with Gasteiger partial charge in [-0.05, 0) is 29.0 Å². The van der Waals surface area contributed by atoms with Crippen LogP contribution in [-0.4, -0.2) is 11.5 Å². The molecule has 1 aromatic carbocycles. The number of rotatable bonds is 2. The highest BCUT2D eigenvalue weighted by atomic mass is 32.2. The maximum atomic E-state index is 8.58. The van der Waals surface area contributed by atoms with Gasteiger partial charge in [-0.15, -0.1) is 23.5 Å². The van der Waals surface area contributed by atoms with E-state index in [4.69, 9.17) is 5.53 Å². The molecule has 2 rings (SSSR count). The summed E-state index contributed by atoms with van der Waals surface area (Å²) in [6, 6.07) is 10.1. The van der Waals surface area contributed by atoms with Crippen LogP contribution in [-0.2, 0) is 0 Å². The Morgan fingerprint density at radius 3 is 2.62 bits per heavy atom. The fraction of sp³-hybridized carbons (Fsp3) is 0.273. The lowest BCUT2D eigenvalue weighted by Gasteiger charge is -2.07. The van der Waals surface area contributed by atoms with Crippen LogP contribution in [0.4, 0.5) is 0 Å². The van der Waals surface area contributed by atoms with Crippen LogP contribution in [0.2, 0.25) is 0 Å². The van der Waals surface area contributed by atoms with Crippen molar-refractivity contribution in [2.75, 3.05) is 11.5 Å². The van der Waals surface area contributed by atoms with Gasteiger partial charge >= 0.3 is 0 Å². The van der Waals surface area contributed by atoms with E-state index >= 15 is 0 Å². The molecule has 0 amide bonds. The van der Waals surface area contributed by atoms with Gasteiger partial charge in [0.2, 0.25) is 0 Å². The summed E-state index contributed by atoms with van der Waals surface area (Å²) < 4.78 is 0. The molecule has 0 unspecified atom stereocenters. The molecule has 3 nitrogen and oxygen atoms in total. The van der Waals surface area contributed by atoms with E-state index in [1.165, 1.54) is 0 Å². The largest absolute Gasteiger partial charge is 0.124 e. The van der Waals surface area contributed by atoms with E-state index in [0.717, 1.165) is 33.4 Å². The molecule has 5 heteroatoms. The zero-order valence-corrected chi connectivity index (χ0v) is 10.3. The lowest BCUT2D eigenvalue weighted by molar-refractivity contribution is 1.13.